The fourth-order valence-electron chi connectivity index (χ4n) is 2.24. The zero-order chi connectivity index (χ0) is 18.7. The Morgan fingerprint density at radius 3 is 2.92 bits per heavy atom. The molecule has 3 rings (SSSR count). The van der Waals surface area contributed by atoms with E-state index in [0.29, 0.717) is 22.9 Å². The van der Waals surface area contributed by atoms with E-state index in [1.165, 1.54) is 25.5 Å². The molecule has 3 N–H and O–H groups in total. The average molecular weight is 365 g/mol. The Balaban J connectivity index is 1.74. The monoisotopic (exact) mass is 365 g/mol. The molecular weight excluding hydrogens is 351 g/mol. The normalized spacial score (nSPS) is 12.8. The lowest BCUT2D eigenvalue weighted by molar-refractivity contribution is -0.138. The third kappa shape index (κ3) is 4.05. The van der Waals surface area contributed by atoms with Crippen LogP contribution < -0.4 is 10.6 Å². The highest BCUT2D eigenvalue weighted by Gasteiger charge is 2.28. The second-order valence-electron chi connectivity index (χ2n) is 5.45. The Labute approximate surface area is 145 Å². The van der Waals surface area contributed by atoms with Crippen molar-refractivity contribution in [3.63, 3.8) is 0 Å². The SMILES string of the molecule is C[C@H](Nc1ccnc(-c2c[nH]c3ncncc23)n1)C(=O)NCC(F)(F)F. The number of amides is 1. The van der Waals surface area contributed by atoms with Gasteiger partial charge in [-0.3, -0.25) is 4.79 Å². The third-order valence-electron chi connectivity index (χ3n) is 3.47. The number of carbonyl (C=O) groups excluding carboxylic acids is 1. The smallest absolute Gasteiger partial charge is 0.359 e. The number of nitrogens with zero attached hydrogens (tertiary/aromatic N) is 4. The predicted octanol–water partition coefficient (Wildman–Crippen LogP) is 1.89. The number of halogens is 3. The van der Waals surface area contributed by atoms with Gasteiger partial charge in [-0.15, -0.1) is 0 Å². The van der Waals surface area contributed by atoms with Crippen LogP contribution in [0.2, 0.25) is 0 Å². The van der Waals surface area contributed by atoms with Crippen LogP contribution in [0, 0.1) is 0 Å². The second-order valence-corrected chi connectivity index (χ2v) is 5.45. The lowest BCUT2D eigenvalue weighted by Gasteiger charge is -2.15. The van der Waals surface area contributed by atoms with Gasteiger partial charge in [0, 0.05) is 29.5 Å². The molecule has 0 saturated carbocycles. The molecule has 0 fully saturated rings. The maximum absolute atomic E-state index is 12.2. The summed E-state index contributed by atoms with van der Waals surface area (Å²) in [6.07, 6.45) is 1.72. The van der Waals surface area contributed by atoms with E-state index in [1.807, 2.05) is 5.32 Å². The molecule has 8 nitrogen and oxygen atoms in total. The fourth-order valence-corrected chi connectivity index (χ4v) is 2.24. The van der Waals surface area contributed by atoms with E-state index in [4.69, 9.17) is 0 Å². The number of fused-ring (bicyclic) bond motifs is 1. The Bertz CT molecular complexity index is 925. The lowest BCUT2D eigenvalue weighted by Crippen LogP contribution is -2.42. The van der Waals surface area contributed by atoms with Crippen molar-refractivity contribution in [3.8, 4) is 11.4 Å². The van der Waals surface area contributed by atoms with Crippen LogP contribution >= 0.6 is 0 Å². The molecule has 3 aromatic heterocycles. The van der Waals surface area contributed by atoms with Crippen molar-refractivity contribution in [1.82, 2.24) is 30.2 Å². The maximum Gasteiger partial charge on any atom is 0.405 e. The van der Waals surface area contributed by atoms with Crippen molar-refractivity contribution in [2.75, 3.05) is 11.9 Å². The first kappa shape index (κ1) is 17.6. The first-order valence-electron chi connectivity index (χ1n) is 7.55. The molecule has 0 aromatic carbocycles. The molecule has 0 spiro atoms. The van der Waals surface area contributed by atoms with Crippen molar-refractivity contribution >= 4 is 22.8 Å². The Hall–Kier alpha value is -3.24. The fraction of sp³-hybridized carbons (Fsp3) is 0.267. The second kappa shape index (κ2) is 6.94. The summed E-state index contributed by atoms with van der Waals surface area (Å²) in [7, 11) is 0. The Morgan fingerprint density at radius 2 is 2.15 bits per heavy atom. The van der Waals surface area contributed by atoms with E-state index >= 15 is 0 Å². The lowest BCUT2D eigenvalue weighted by atomic mass is 10.2. The van der Waals surface area contributed by atoms with Gasteiger partial charge in [-0.2, -0.15) is 13.2 Å². The van der Waals surface area contributed by atoms with Gasteiger partial charge in [-0.05, 0) is 13.0 Å². The number of nitrogens with one attached hydrogen (secondary N) is 3. The molecule has 11 heteroatoms. The van der Waals surface area contributed by atoms with E-state index < -0.39 is 24.7 Å². The Kier molecular flexibility index (Phi) is 4.69. The molecule has 1 amide bonds. The summed E-state index contributed by atoms with van der Waals surface area (Å²) in [5.41, 5.74) is 1.29. The minimum atomic E-state index is -4.46. The van der Waals surface area contributed by atoms with Crippen molar-refractivity contribution in [3.05, 3.63) is 31.0 Å². The van der Waals surface area contributed by atoms with Crippen molar-refractivity contribution in [1.29, 1.82) is 0 Å². The van der Waals surface area contributed by atoms with E-state index in [-0.39, 0.29) is 0 Å². The van der Waals surface area contributed by atoms with Gasteiger partial charge in [0.05, 0.1) is 0 Å². The highest BCUT2D eigenvalue weighted by molar-refractivity contribution is 5.91. The molecule has 0 saturated heterocycles. The van der Waals surface area contributed by atoms with Crippen LogP contribution in [0.25, 0.3) is 22.4 Å². The quantitative estimate of drug-likeness (QED) is 0.637. The summed E-state index contributed by atoms with van der Waals surface area (Å²) in [6, 6.07) is 0.606. The molecule has 0 aliphatic rings. The molecule has 136 valence electrons. The van der Waals surface area contributed by atoms with Gasteiger partial charge < -0.3 is 15.6 Å². The van der Waals surface area contributed by atoms with Crippen LogP contribution in [-0.2, 0) is 4.79 Å². The van der Waals surface area contributed by atoms with E-state index in [9.17, 15) is 18.0 Å². The first-order valence-corrected chi connectivity index (χ1v) is 7.55. The number of aromatic nitrogens is 5. The molecule has 0 unspecified atom stereocenters. The number of alkyl halides is 3. The molecule has 0 aliphatic heterocycles. The van der Waals surface area contributed by atoms with Gasteiger partial charge >= 0.3 is 6.18 Å². The molecule has 0 bridgehead atoms. The van der Waals surface area contributed by atoms with Gasteiger partial charge in [-0.25, -0.2) is 19.9 Å². The van der Waals surface area contributed by atoms with E-state index in [2.05, 4.69) is 30.2 Å². The maximum atomic E-state index is 12.2. The zero-order valence-corrected chi connectivity index (χ0v) is 13.5. The number of aromatic amines is 1. The summed E-state index contributed by atoms with van der Waals surface area (Å²) in [4.78, 5) is 31.2. The minimum Gasteiger partial charge on any atom is -0.359 e. The van der Waals surface area contributed by atoms with Crippen molar-refractivity contribution < 1.29 is 18.0 Å². The zero-order valence-electron chi connectivity index (χ0n) is 13.5. The summed E-state index contributed by atoms with van der Waals surface area (Å²) in [5, 5.41) is 5.30. The van der Waals surface area contributed by atoms with Crippen LogP contribution in [0.1, 0.15) is 6.92 Å². The number of rotatable bonds is 5. The summed E-state index contributed by atoms with van der Waals surface area (Å²) in [5.74, 6) is -0.127. The topological polar surface area (TPSA) is 108 Å². The minimum absolute atomic E-state index is 0.302. The van der Waals surface area contributed by atoms with Crippen LogP contribution in [0.15, 0.2) is 31.0 Å². The number of hydrogen-bond acceptors (Lipinski definition) is 6. The summed E-state index contributed by atoms with van der Waals surface area (Å²) < 4.78 is 36.5. The number of carbonyl (C=O) groups is 1. The van der Waals surface area contributed by atoms with E-state index in [1.54, 1.807) is 12.4 Å². The molecular formula is C15H14F3N7O. The van der Waals surface area contributed by atoms with E-state index in [0.717, 1.165) is 5.39 Å². The predicted molar refractivity (Wildman–Crippen MR) is 87.1 cm³/mol. The number of hydrogen-bond donors (Lipinski definition) is 3. The van der Waals surface area contributed by atoms with Gasteiger partial charge in [0.1, 0.15) is 30.4 Å². The van der Waals surface area contributed by atoms with Crippen LogP contribution in [-0.4, -0.2) is 49.6 Å². The molecule has 3 heterocycles. The van der Waals surface area contributed by atoms with Crippen molar-refractivity contribution in [2.45, 2.75) is 19.1 Å². The number of H-pyrrole nitrogens is 1. The Morgan fingerprint density at radius 1 is 1.35 bits per heavy atom. The van der Waals surface area contributed by atoms with Crippen LogP contribution in [0.4, 0.5) is 19.0 Å². The average Bonchev–Trinajstić information content (AvgIpc) is 3.03. The van der Waals surface area contributed by atoms with Gasteiger partial charge in [0.2, 0.25) is 5.91 Å². The standard InChI is InChI=1S/C15H14F3N7O/c1-8(14(26)22-6-15(16,17)18)24-11-2-3-20-13(25-11)10-5-21-12-9(10)4-19-7-23-12/h2-5,7-8H,6H2,1H3,(H,22,26)(H,19,21,23)(H,20,24,25)/t8-/m0/s1. The molecule has 1 atom stereocenters. The van der Waals surface area contributed by atoms with Gasteiger partial charge in [0.25, 0.3) is 0 Å². The van der Waals surface area contributed by atoms with Gasteiger partial charge in [0.15, 0.2) is 5.82 Å². The summed E-state index contributed by atoms with van der Waals surface area (Å²) >= 11 is 0. The summed E-state index contributed by atoms with van der Waals surface area (Å²) in [6.45, 7) is 0.0508. The largest absolute Gasteiger partial charge is 0.405 e. The first-order chi connectivity index (χ1) is 12.3. The molecule has 0 radical (unpaired) electrons. The highest BCUT2D eigenvalue weighted by atomic mass is 19.4. The van der Waals surface area contributed by atoms with Crippen LogP contribution in [0.3, 0.4) is 0 Å². The highest BCUT2D eigenvalue weighted by Crippen LogP contribution is 2.24. The van der Waals surface area contributed by atoms with Crippen molar-refractivity contribution in [2.24, 2.45) is 0 Å². The molecule has 26 heavy (non-hydrogen) atoms. The van der Waals surface area contributed by atoms with Gasteiger partial charge in [-0.1, -0.05) is 0 Å². The molecule has 0 aliphatic carbocycles. The number of anilines is 1. The van der Waals surface area contributed by atoms with Crippen LogP contribution in [0.5, 0.6) is 0 Å². The molecule has 3 aromatic rings. The third-order valence-corrected chi connectivity index (χ3v) is 3.47.